The number of carbonyl (C=O) groups excluding carboxylic acids is 2. The quantitative estimate of drug-likeness (QED) is 0.567. The van der Waals surface area contributed by atoms with Gasteiger partial charge in [-0.1, -0.05) is 6.08 Å². The Labute approximate surface area is 78.0 Å². The Kier molecular flexibility index (Phi) is 2.30. The number of Topliss-reactive ketones (excluding diaryl/α,β-unsaturated/α-hetero) is 1. The van der Waals surface area contributed by atoms with Gasteiger partial charge in [-0.15, -0.1) is 0 Å². The van der Waals surface area contributed by atoms with Crippen LogP contribution in [-0.4, -0.2) is 11.6 Å². The number of hydrogen-bond donors (Lipinski definition) is 0. The lowest BCUT2D eigenvalue weighted by Gasteiger charge is -1.82. The standard InChI is InChI=1S/C6H8O.C5H6O/c7-6-2-1-4-3-5(4)6;6-5-3-1-2-4-5/h4-5H,1-3H2;1,3H,2,4H2. The molecule has 0 aliphatic heterocycles. The van der Waals surface area contributed by atoms with Gasteiger partial charge in [0.05, 0.1) is 0 Å². The van der Waals surface area contributed by atoms with Gasteiger partial charge in [-0.3, -0.25) is 9.59 Å². The Hall–Kier alpha value is -0.920. The summed E-state index contributed by atoms with van der Waals surface area (Å²) >= 11 is 0. The molecule has 0 N–H and O–H groups in total. The molecule has 0 aromatic rings. The van der Waals surface area contributed by atoms with Gasteiger partial charge in [0, 0.05) is 18.8 Å². The van der Waals surface area contributed by atoms with Crippen LogP contribution in [0.4, 0.5) is 0 Å². The maximum atomic E-state index is 10.6. The molecule has 70 valence electrons. The number of fused-ring (bicyclic) bond motifs is 1. The van der Waals surface area contributed by atoms with E-state index < -0.39 is 0 Å². The lowest BCUT2D eigenvalue weighted by Crippen LogP contribution is -1.91. The van der Waals surface area contributed by atoms with Crippen LogP contribution in [0.5, 0.6) is 0 Å². The van der Waals surface area contributed by atoms with Crippen LogP contribution in [0, 0.1) is 11.8 Å². The number of hydrogen-bond acceptors (Lipinski definition) is 2. The second kappa shape index (κ2) is 3.44. The fraction of sp³-hybridized carbons (Fsp3) is 0.636. The molecule has 0 aromatic carbocycles. The van der Waals surface area contributed by atoms with Crippen LogP contribution in [0.3, 0.4) is 0 Å². The van der Waals surface area contributed by atoms with Crippen molar-refractivity contribution in [2.24, 2.45) is 11.8 Å². The molecule has 13 heavy (non-hydrogen) atoms. The monoisotopic (exact) mass is 178 g/mol. The SMILES string of the molecule is O=C1C=CCC1.O=C1CCC2CC12. The third-order valence-corrected chi connectivity index (χ3v) is 2.96. The van der Waals surface area contributed by atoms with Gasteiger partial charge in [0.15, 0.2) is 5.78 Å². The molecule has 0 heterocycles. The van der Waals surface area contributed by atoms with Gasteiger partial charge < -0.3 is 0 Å². The summed E-state index contributed by atoms with van der Waals surface area (Å²) < 4.78 is 0. The molecule has 3 aliphatic rings. The largest absolute Gasteiger partial charge is 0.299 e. The van der Waals surface area contributed by atoms with Crippen molar-refractivity contribution in [3.63, 3.8) is 0 Å². The maximum Gasteiger partial charge on any atom is 0.155 e. The number of ketones is 2. The second-order valence-corrected chi connectivity index (χ2v) is 4.01. The summed E-state index contributed by atoms with van der Waals surface area (Å²) in [7, 11) is 0. The zero-order chi connectivity index (χ0) is 9.26. The molecule has 0 bridgehead atoms. The highest BCUT2D eigenvalue weighted by atomic mass is 16.1. The normalized spacial score (nSPS) is 34.2. The van der Waals surface area contributed by atoms with Gasteiger partial charge in [0.25, 0.3) is 0 Å². The third-order valence-electron chi connectivity index (χ3n) is 2.96. The van der Waals surface area contributed by atoms with Crippen LogP contribution in [0.25, 0.3) is 0 Å². The zero-order valence-electron chi connectivity index (χ0n) is 7.66. The minimum atomic E-state index is 0.273. The van der Waals surface area contributed by atoms with E-state index in [-0.39, 0.29) is 5.78 Å². The number of allylic oxidation sites excluding steroid dienone is 2. The molecule has 0 spiro atoms. The summed E-state index contributed by atoms with van der Waals surface area (Å²) in [4.78, 5) is 20.8. The Morgan fingerprint density at radius 3 is 2.23 bits per heavy atom. The molecule has 3 aliphatic carbocycles. The van der Waals surface area contributed by atoms with Crippen molar-refractivity contribution in [1.29, 1.82) is 0 Å². The highest BCUT2D eigenvalue weighted by Gasteiger charge is 2.47. The van der Waals surface area contributed by atoms with E-state index in [4.69, 9.17) is 0 Å². The van der Waals surface area contributed by atoms with E-state index in [1.165, 1.54) is 12.8 Å². The lowest BCUT2D eigenvalue weighted by molar-refractivity contribution is -0.119. The van der Waals surface area contributed by atoms with E-state index in [1.807, 2.05) is 6.08 Å². The molecular weight excluding hydrogens is 164 g/mol. The predicted molar refractivity (Wildman–Crippen MR) is 49.2 cm³/mol. The summed E-state index contributed by atoms with van der Waals surface area (Å²) in [6.07, 6.45) is 8.54. The fourth-order valence-electron chi connectivity index (χ4n) is 2.00. The number of carbonyl (C=O) groups is 2. The average molecular weight is 178 g/mol. The van der Waals surface area contributed by atoms with E-state index in [0.717, 1.165) is 25.2 Å². The molecule has 0 saturated heterocycles. The van der Waals surface area contributed by atoms with Gasteiger partial charge in [-0.05, 0) is 31.3 Å². The van der Waals surface area contributed by atoms with E-state index in [9.17, 15) is 9.59 Å². The molecule has 0 radical (unpaired) electrons. The Balaban J connectivity index is 0.000000102. The Morgan fingerprint density at radius 1 is 1.23 bits per heavy atom. The average Bonchev–Trinajstić information content (AvgIpc) is 2.61. The predicted octanol–water partition coefficient (Wildman–Crippen LogP) is 1.89. The summed E-state index contributed by atoms with van der Waals surface area (Å²) in [5.74, 6) is 2.19. The summed E-state index contributed by atoms with van der Waals surface area (Å²) in [6, 6.07) is 0. The highest BCUT2D eigenvalue weighted by molar-refractivity contribution is 5.91. The van der Waals surface area contributed by atoms with Crippen LogP contribution in [0.15, 0.2) is 12.2 Å². The fourth-order valence-corrected chi connectivity index (χ4v) is 2.00. The van der Waals surface area contributed by atoms with Crippen molar-refractivity contribution in [3.05, 3.63) is 12.2 Å². The van der Waals surface area contributed by atoms with E-state index in [0.29, 0.717) is 11.7 Å². The van der Waals surface area contributed by atoms with Crippen LogP contribution >= 0.6 is 0 Å². The summed E-state index contributed by atoms with van der Waals surface area (Å²) in [5.41, 5.74) is 0. The first-order chi connectivity index (χ1) is 6.27. The molecule has 2 atom stereocenters. The molecule has 0 aromatic heterocycles. The summed E-state index contributed by atoms with van der Waals surface area (Å²) in [6.45, 7) is 0. The lowest BCUT2D eigenvalue weighted by atomic mass is 10.2. The van der Waals surface area contributed by atoms with Gasteiger partial charge >= 0.3 is 0 Å². The van der Waals surface area contributed by atoms with Crippen LogP contribution in [0.1, 0.15) is 32.1 Å². The second-order valence-electron chi connectivity index (χ2n) is 4.01. The summed E-state index contributed by atoms with van der Waals surface area (Å²) in [5, 5.41) is 0. The molecule has 2 saturated carbocycles. The minimum Gasteiger partial charge on any atom is -0.299 e. The minimum absolute atomic E-state index is 0.273. The number of rotatable bonds is 0. The van der Waals surface area contributed by atoms with E-state index in [1.54, 1.807) is 6.08 Å². The van der Waals surface area contributed by atoms with Crippen molar-refractivity contribution in [2.75, 3.05) is 0 Å². The Morgan fingerprint density at radius 2 is 2.08 bits per heavy atom. The van der Waals surface area contributed by atoms with Crippen LogP contribution < -0.4 is 0 Å². The van der Waals surface area contributed by atoms with Crippen LogP contribution in [-0.2, 0) is 9.59 Å². The van der Waals surface area contributed by atoms with Gasteiger partial charge in [0.1, 0.15) is 5.78 Å². The molecule has 2 nitrogen and oxygen atoms in total. The maximum absolute atomic E-state index is 10.6. The molecule has 2 unspecified atom stereocenters. The molecule has 0 amide bonds. The first kappa shape index (κ1) is 8.67. The molecular formula is C11H14O2. The van der Waals surface area contributed by atoms with Crippen molar-refractivity contribution < 1.29 is 9.59 Å². The molecule has 2 fully saturated rings. The van der Waals surface area contributed by atoms with Crippen molar-refractivity contribution in [2.45, 2.75) is 32.1 Å². The van der Waals surface area contributed by atoms with E-state index in [2.05, 4.69) is 0 Å². The Bertz CT molecular complexity index is 265. The molecule has 3 rings (SSSR count). The zero-order valence-corrected chi connectivity index (χ0v) is 7.66. The van der Waals surface area contributed by atoms with Crippen LogP contribution in [0.2, 0.25) is 0 Å². The first-order valence-electron chi connectivity index (χ1n) is 4.99. The van der Waals surface area contributed by atoms with Gasteiger partial charge in [0.2, 0.25) is 0 Å². The van der Waals surface area contributed by atoms with Crippen molar-refractivity contribution in [3.8, 4) is 0 Å². The third kappa shape index (κ3) is 2.06. The topological polar surface area (TPSA) is 34.1 Å². The van der Waals surface area contributed by atoms with Gasteiger partial charge in [-0.2, -0.15) is 0 Å². The van der Waals surface area contributed by atoms with E-state index >= 15 is 0 Å². The molecule has 2 heteroatoms. The first-order valence-corrected chi connectivity index (χ1v) is 4.99. The highest BCUT2D eigenvalue weighted by Crippen LogP contribution is 2.49. The smallest absolute Gasteiger partial charge is 0.155 e. The van der Waals surface area contributed by atoms with Crippen molar-refractivity contribution in [1.82, 2.24) is 0 Å². The van der Waals surface area contributed by atoms with Crippen molar-refractivity contribution >= 4 is 11.6 Å². The van der Waals surface area contributed by atoms with Gasteiger partial charge in [-0.25, -0.2) is 0 Å².